The molecule has 0 aliphatic carbocycles. The maximum absolute atomic E-state index is 15.7. The number of nitrogens with one attached hydrogen (secondary N) is 2. The van der Waals surface area contributed by atoms with Gasteiger partial charge in [0.1, 0.15) is 32.9 Å². The highest BCUT2D eigenvalue weighted by atomic mass is 32.2. The molecule has 2 aromatic heterocycles. The Labute approximate surface area is 347 Å². The molecule has 0 aliphatic heterocycles. The molecule has 0 bridgehead atoms. The molecule has 60 heavy (non-hydrogen) atoms. The number of carboxylic acid groups (broad SMARTS) is 1. The summed E-state index contributed by atoms with van der Waals surface area (Å²) in [7, 11) is -5.08. The number of nitrogen functional groups attached to an aromatic ring is 1. The minimum absolute atomic E-state index is 0.118. The fourth-order valence-corrected chi connectivity index (χ4v) is 9.70. The highest BCUT2D eigenvalue weighted by molar-refractivity contribution is 7.92. The molecular formula is C40H43N9O9S2. The molecule has 6 aromatic rings. The van der Waals surface area contributed by atoms with Crippen LogP contribution in [0, 0.1) is 0 Å². The summed E-state index contributed by atoms with van der Waals surface area (Å²) >= 11 is 0. The molecular weight excluding hydrogens is 815 g/mol. The second-order valence-corrected chi connectivity index (χ2v) is 17.1. The van der Waals surface area contributed by atoms with Crippen LogP contribution in [0.15, 0.2) is 113 Å². The van der Waals surface area contributed by atoms with Gasteiger partial charge in [-0.3, -0.25) is 0 Å². The van der Waals surface area contributed by atoms with Crippen LogP contribution < -0.4 is 30.0 Å². The van der Waals surface area contributed by atoms with Gasteiger partial charge in [0.25, 0.3) is 0 Å². The second kappa shape index (κ2) is 18.5. The maximum Gasteiger partial charge on any atom is 0.404 e. The van der Waals surface area contributed by atoms with Crippen LogP contribution in [0.5, 0.6) is 17.2 Å². The zero-order valence-electron chi connectivity index (χ0n) is 33.0. The van der Waals surface area contributed by atoms with E-state index in [9.17, 15) is 18.3 Å². The minimum Gasteiger partial charge on any atom is -0.497 e. The Morgan fingerprint density at radius 3 is 1.85 bits per heavy atom. The van der Waals surface area contributed by atoms with E-state index in [1.165, 1.54) is 50.3 Å². The number of nitrogens with zero attached hydrogens (tertiary/aromatic N) is 6. The average Bonchev–Trinajstić information content (AvgIpc) is 3.71. The Bertz CT molecular complexity index is 2590. The Morgan fingerprint density at radius 1 is 0.800 bits per heavy atom. The molecule has 6 rings (SSSR count). The van der Waals surface area contributed by atoms with Crippen molar-refractivity contribution in [3.63, 3.8) is 0 Å². The normalized spacial score (nSPS) is 12.2. The Morgan fingerprint density at radius 2 is 1.35 bits per heavy atom. The maximum atomic E-state index is 15.7. The van der Waals surface area contributed by atoms with Gasteiger partial charge in [-0.15, -0.1) is 10.2 Å². The van der Waals surface area contributed by atoms with Crippen molar-refractivity contribution in [3.05, 3.63) is 120 Å². The number of pyridine rings is 1. The highest BCUT2D eigenvalue weighted by Crippen LogP contribution is 2.41. The van der Waals surface area contributed by atoms with E-state index in [4.69, 9.17) is 19.9 Å². The summed E-state index contributed by atoms with van der Waals surface area (Å²) in [5, 5.41) is 24.6. The predicted octanol–water partition coefficient (Wildman–Crippen LogP) is 4.38. The Hall–Kier alpha value is -6.61. The standard InChI is InChI=1S/C40H43N9O9S2/c1-26(44-40(50)51)21-43-59(52,53)35-19-18-34(30-11-20-36(41)42-22-30)37(39-45-47-49(46-39)25-29-9-16-33(58-4)17-10-29)38(35)60(54,55)48(23-27-5-12-31(56-2)13-6-27)24-28-7-14-32(57-3)15-8-28/h5-20,22,26,43-44H,21,23-25H2,1-4H3,(H2,41,42)(H,50,51). The van der Waals surface area contributed by atoms with Gasteiger partial charge >= 0.3 is 6.09 Å². The van der Waals surface area contributed by atoms with Crippen LogP contribution in [0.1, 0.15) is 23.6 Å². The van der Waals surface area contributed by atoms with Crippen LogP contribution in [0.4, 0.5) is 10.6 Å². The highest BCUT2D eigenvalue weighted by Gasteiger charge is 2.38. The summed E-state index contributed by atoms with van der Waals surface area (Å²) in [4.78, 5) is 15.5. The number of hydrogen-bond acceptors (Lipinski definition) is 13. The molecule has 1 amide bonds. The summed E-state index contributed by atoms with van der Waals surface area (Å²) < 4.78 is 79.7. The third kappa shape index (κ3) is 10.1. The van der Waals surface area contributed by atoms with Gasteiger partial charge in [0.2, 0.25) is 25.9 Å². The number of carbonyl (C=O) groups is 1. The van der Waals surface area contributed by atoms with Gasteiger partial charge in [-0.2, -0.15) is 9.10 Å². The molecule has 1 atom stereocenters. The molecule has 18 nitrogen and oxygen atoms in total. The second-order valence-electron chi connectivity index (χ2n) is 13.5. The van der Waals surface area contributed by atoms with Gasteiger partial charge in [0.05, 0.1) is 33.4 Å². The van der Waals surface area contributed by atoms with Gasteiger partial charge in [0, 0.05) is 37.4 Å². The Kier molecular flexibility index (Phi) is 13.3. The van der Waals surface area contributed by atoms with Crippen molar-refractivity contribution in [3.8, 4) is 39.8 Å². The van der Waals surface area contributed by atoms with Crippen LogP contribution in [0.2, 0.25) is 0 Å². The molecule has 314 valence electrons. The number of methoxy groups -OCH3 is 3. The van der Waals surface area contributed by atoms with Crippen molar-refractivity contribution in [2.24, 2.45) is 0 Å². The number of sulfonamides is 2. The van der Waals surface area contributed by atoms with Gasteiger partial charge in [-0.1, -0.05) is 42.5 Å². The quantitative estimate of drug-likeness (QED) is 0.0938. The summed E-state index contributed by atoms with van der Waals surface area (Å²) in [6, 6.07) is 25.5. The third-order valence-electron chi connectivity index (χ3n) is 9.25. The van der Waals surface area contributed by atoms with E-state index < -0.39 is 48.5 Å². The van der Waals surface area contributed by atoms with Crippen LogP contribution in [-0.2, 0) is 39.7 Å². The van der Waals surface area contributed by atoms with Crippen molar-refractivity contribution >= 4 is 32.0 Å². The van der Waals surface area contributed by atoms with Gasteiger partial charge < -0.3 is 30.4 Å². The summed E-state index contributed by atoms with van der Waals surface area (Å²) in [6.45, 7) is 0.732. The third-order valence-corrected chi connectivity index (χ3v) is 12.7. The molecule has 2 heterocycles. The van der Waals surface area contributed by atoms with Gasteiger partial charge in [0.15, 0.2) is 0 Å². The fourth-order valence-electron chi connectivity index (χ4n) is 6.16. The van der Waals surface area contributed by atoms with Crippen molar-refractivity contribution in [1.82, 2.24) is 39.5 Å². The first kappa shape index (κ1) is 43.0. The fraction of sp³-hybridized carbons (Fsp3) is 0.225. The number of rotatable bonds is 18. The van der Waals surface area contributed by atoms with E-state index in [1.54, 1.807) is 86.0 Å². The molecule has 0 spiro atoms. The summed E-state index contributed by atoms with van der Waals surface area (Å²) in [5.41, 5.74) is 8.22. The number of hydrogen-bond donors (Lipinski definition) is 4. The van der Waals surface area contributed by atoms with Crippen molar-refractivity contribution in [2.75, 3.05) is 33.6 Å². The van der Waals surface area contributed by atoms with Crippen molar-refractivity contribution < 1.29 is 40.9 Å². The molecule has 5 N–H and O–H groups in total. The van der Waals surface area contributed by atoms with E-state index in [2.05, 4.69) is 30.4 Å². The zero-order valence-corrected chi connectivity index (χ0v) is 34.6. The van der Waals surface area contributed by atoms with E-state index in [0.29, 0.717) is 33.9 Å². The number of benzene rings is 4. The first-order valence-corrected chi connectivity index (χ1v) is 21.2. The SMILES string of the molecule is COc1ccc(CN(Cc2ccc(OC)cc2)S(=O)(=O)c2c(S(=O)(=O)NCC(C)NC(=O)O)ccc(-c3ccc(N)nc3)c2-c2nnn(Cc3ccc(OC)cc3)n2)cc1. The molecule has 20 heteroatoms. The summed E-state index contributed by atoms with van der Waals surface area (Å²) in [6.07, 6.45) is 0.0510. The van der Waals surface area contributed by atoms with Crippen molar-refractivity contribution in [2.45, 2.75) is 42.4 Å². The topological polar surface area (TPSA) is 243 Å². The number of tetrazole rings is 1. The largest absolute Gasteiger partial charge is 0.497 e. The van der Waals surface area contributed by atoms with Crippen molar-refractivity contribution in [1.29, 1.82) is 0 Å². The Balaban J connectivity index is 1.60. The first-order valence-electron chi connectivity index (χ1n) is 18.3. The molecule has 4 aromatic carbocycles. The smallest absolute Gasteiger partial charge is 0.404 e. The van der Waals surface area contributed by atoms with Gasteiger partial charge in [-0.05, 0) is 89.0 Å². The molecule has 0 fully saturated rings. The van der Waals surface area contributed by atoms with Crippen LogP contribution in [-0.4, -0.2) is 91.4 Å². The molecule has 0 saturated heterocycles. The number of anilines is 1. The molecule has 0 saturated carbocycles. The number of aromatic nitrogens is 5. The number of amides is 1. The van der Waals surface area contributed by atoms with Gasteiger partial charge in [-0.25, -0.2) is 31.3 Å². The van der Waals surface area contributed by atoms with E-state index in [-0.39, 0.29) is 42.4 Å². The minimum atomic E-state index is -4.91. The number of nitrogens with two attached hydrogens (primary N) is 1. The van der Waals surface area contributed by atoms with Crippen LogP contribution in [0.3, 0.4) is 0 Å². The molecule has 0 aliphatic rings. The van der Waals surface area contributed by atoms with E-state index in [0.717, 1.165) is 9.87 Å². The lowest BCUT2D eigenvalue weighted by Crippen LogP contribution is -2.41. The molecule has 1 unspecified atom stereocenters. The average molecular weight is 858 g/mol. The number of ether oxygens (including phenoxy) is 3. The predicted molar refractivity (Wildman–Crippen MR) is 221 cm³/mol. The lowest BCUT2D eigenvalue weighted by molar-refractivity contribution is 0.191. The monoisotopic (exact) mass is 857 g/mol. The first-order chi connectivity index (χ1) is 28.7. The lowest BCUT2D eigenvalue weighted by atomic mass is 10.0. The summed E-state index contributed by atoms with van der Waals surface area (Å²) in [5.74, 6) is 1.71. The van der Waals surface area contributed by atoms with Crippen LogP contribution >= 0.6 is 0 Å². The molecule has 0 radical (unpaired) electrons. The lowest BCUT2D eigenvalue weighted by Gasteiger charge is -2.26. The van der Waals surface area contributed by atoms with E-state index >= 15 is 8.42 Å². The zero-order chi connectivity index (χ0) is 43.0. The van der Waals surface area contributed by atoms with E-state index in [1.807, 2.05) is 0 Å². The van der Waals surface area contributed by atoms with Crippen LogP contribution in [0.25, 0.3) is 22.5 Å².